The van der Waals surface area contributed by atoms with Gasteiger partial charge in [-0.3, -0.25) is 9.69 Å². The largest absolute Gasteiger partial charge is 0.479 e. The number of amides is 1. The lowest BCUT2D eigenvalue weighted by atomic mass is 9.95. The zero-order chi connectivity index (χ0) is 24.5. The summed E-state index contributed by atoms with van der Waals surface area (Å²) in [5.41, 5.74) is -0.694. The van der Waals surface area contributed by atoms with Crippen molar-refractivity contribution in [2.45, 2.75) is 18.3 Å². The van der Waals surface area contributed by atoms with E-state index in [-0.39, 0.29) is 11.3 Å². The van der Waals surface area contributed by atoms with Crippen molar-refractivity contribution in [2.75, 3.05) is 11.5 Å². The molecule has 0 saturated carbocycles. The average molecular weight is 492 g/mol. The van der Waals surface area contributed by atoms with Crippen LogP contribution in [0.25, 0.3) is 0 Å². The molecule has 1 aliphatic rings. The van der Waals surface area contributed by atoms with Crippen molar-refractivity contribution >= 4 is 29.2 Å². The molecule has 1 fully saturated rings. The Hall–Kier alpha value is -3.56. The number of alkyl halides is 3. The highest BCUT2D eigenvalue weighted by molar-refractivity contribution is 6.30. The molecule has 0 bridgehead atoms. The van der Waals surface area contributed by atoms with E-state index in [1.807, 2.05) is 0 Å². The molecular formula is C24H17ClF3NO5. The number of halogens is 4. The second-order valence-electron chi connectivity index (χ2n) is 7.45. The van der Waals surface area contributed by atoms with Gasteiger partial charge >= 0.3 is 12.1 Å². The minimum absolute atomic E-state index is 0.0169. The van der Waals surface area contributed by atoms with Crippen LogP contribution in [0, 0.1) is 0 Å². The van der Waals surface area contributed by atoms with Gasteiger partial charge in [0.2, 0.25) is 0 Å². The van der Waals surface area contributed by atoms with Crippen LogP contribution in [0.1, 0.15) is 17.2 Å². The normalized spacial score (nSPS) is 18.6. The molecule has 1 N–H and O–H groups in total. The van der Waals surface area contributed by atoms with E-state index in [4.69, 9.17) is 21.1 Å². The van der Waals surface area contributed by atoms with Gasteiger partial charge in [0.25, 0.3) is 5.91 Å². The van der Waals surface area contributed by atoms with Gasteiger partial charge in [0, 0.05) is 10.7 Å². The Morgan fingerprint density at radius 2 is 1.65 bits per heavy atom. The first-order valence-electron chi connectivity index (χ1n) is 10.0. The van der Waals surface area contributed by atoms with E-state index in [2.05, 4.69) is 0 Å². The van der Waals surface area contributed by atoms with Gasteiger partial charge in [0.1, 0.15) is 18.1 Å². The van der Waals surface area contributed by atoms with Crippen LogP contribution in [0.15, 0.2) is 72.8 Å². The molecule has 6 nitrogen and oxygen atoms in total. The zero-order valence-electron chi connectivity index (χ0n) is 17.3. The van der Waals surface area contributed by atoms with Crippen molar-refractivity contribution in [1.29, 1.82) is 0 Å². The Morgan fingerprint density at radius 3 is 2.24 bits per heavy atom. The topological polar surface area (TPSA) is 76.1 Å². The van der Waals surface area contributed by atoms with Crippen LogP contribution in [-0.4, -0.2) is 29.7 Å². The second kappa shape index (κ2) is 9.36. The highest BCUT2D eigenvalue weighted by Gasteiger charge is 2.43. The van der Waals surface area contributed by atoms with Crippen LogP contribution in [0.2, 0.25) is 5.02 Å². The number of rotatable bonds is 5. The molecule has 2 unspecified atom stereocenters. The smallest absolute Gasteiger partial charge is 0.416 e. The fraction of sp³-hybridized carbons (Fsp3) is 0.167. The van der Waals surface area contributed by atoms with Crippen LogP contribution in [-0.2, 0) is 20.5 Å². The quantitative estimate of drug-likeness (QED) is 0.495. The number of carboxylic acid groups (broad SMARTS) is 1. The molecule has 10 heteroatoms. The Balaban J connectivity index is 1.69. The third-order valence-electron chi connectivity index (χ3n) is 5.18. The van der Waals surface area contributed by atoms with Crippen LogP contribution in [0.4, 0.5) is 18.9 Å². The minimum atomic E-state index is -4.64. The summed E-state index contributed by atoms with van der Waals surface area (Å²) in [7, 11) is 0. The molecule has 4 rings (SSSR count). The maximum atomic E-state index is 13.3. The minimum Gasteiger partial charge on any atom is -0.479 e. The number of carbonyl (C=O) groups excluding carboxylic acids is 1. The second-order valence-corrected chi connectivity index (χ2v) is 7.89. The van der Waals surface area contributed by atoms with Crippen molar-refractivity contribution in [3.8, 4) is 11.5 Å². The number of anilines is 1. The van der Waals surface area contributed by atoms with E-state index in [1.165, 1.54) is 18.2 Å². The molecule has 1 heterocycles. The molecule has 0 radical (unpaired) electrons. The maximum Gasteiger partial charge on any atom is 0.416 e. The van der Waals surface area contributed by atoms with Crippen molar-refractivity contribution in [3.05, 3.63) is 88.9 Å². The van der Waals surface area contributed by atoms with E-state index in [9.17, 15) is 27.9 Å². The Kier molecular flexibility index (Phi) is 6.49. The highest BCUT2D eigenvalue weighted by atomic mass is 35.5. The first kappa shape index (κ1) is 23.6. The third-order valence-corrected chi connectivity index (χ3v) is 5.44. The molecule has 0 spiro atoms. The first-order chi connectivity index (χ1) is 16.1. The number of carbonyl (C=O) groups is 2. The molecule has 1 saturated heterocycles. The Bertz CT molecular complexity index is 1200. The molecule has 2 atom stereocenters. The van der Waals surface area contributed by atoms with Gasteiger partial charge in [-0.05, 0) is 66.2 Å². The maximum absolute atomic E-state index is 13.3. The summed E-state index contributed by atoms with van der Waals surface area (Å²) in [5.74, 6) is -1.04. The lowest BCUT2D eigenvalue weighted by Gasteiger charge is -2.39. The van der Waals surface area contributed by atoms with Crippen molar-refractivity contribution in [3.63, 3.8) is 0 Å². The number of nitrogens with zero attached hydrogens (tertiary/aromatic N) is 1. The molecule has 34 heavy (non-hydrogen) atoms. The van der Waals surface area contributed by atoms with Crippen molar-refractivity contribution in [1.82, 2.24) is 0 Å². The molecule has 1 aliphatic heterocycles. The average Bonchev–Trinajstić information content (AvgIpc) is 2.80. The summed E-state index contributed by atoms with van der Waals surface area (Å²) < 4.78 is 50.8. The fourth-order valence-corrected chi connectivity index (χ4v) is 3.79. The highest BCUT2D eigenvalue weighted by Crippen LogP contribution is 2.38. The molecule has 0 aliphatic carbocycles. The van der Waals surface area contributed by atoms with E-state index in [1.54, 1.807) is 36.4 Å². The molecule has 1 amide bonds. The van der Waals surface area contributed by atoms with E-state index >= 15 is 0 Å². The number of aliphatic carboxylic acids is 1. The molecule has 3 aromatic carbocycles. The molecular weight excluding hydrogens is 475 g/mol. The van der Waals surface area contributed by atoms with E-state index < -0.39 is 42.4 Å². The number of hydrogen-bond acceptors (Lipinski definition) is 4. The lowest BCUT2D eigenvalue weighted by molar-refractivity contribution is -0.157. The van der Waals surface area contributed by atoms with Crippen LogP contribution in [0.5, 0.6) is 11.5 Å². The van der Waals surface area contributed by atoms with Crippen LogP contribution in [0.3, 0.4) is 0 Å². The summed E-state index contributed by atoms with van der Waals surface area (Å²) in [5, 5.41) is 10.2. The predicted octanol–water partition coefficient (Wildman–Crippen LogP) is 5.71. The molecule has 3 aromatic rings. The van der Waals surface area contributed by atoms with Crippen molar-refractivity contribution in [2.24, 2.45) is 0 Å². The Morgan fingerprint density at radius 1 is 1.03 bits per heavy atom. The van der Waals surface area contributed by atoms with Crippen LogP contribution >= 0.6 is 11.6 Å². The van der Waals surface area contributed by atoms with Gasteiger partial charge in [-0.1, -0.05) is 23.7 Å². The van der Waals surface area contributed by atoms with Gasteiger partial charge in [-0.15, -0.1) is 0 Å². The van der Waals surface area contributed by atoms with E-state index in [0.29, 0.717) is 16.5 Å². The van der Waals surface area contributed by atoms with Crippen molar-refractivity contribution < 1.29 is 37.3 Å². The third kappa shape index (κ3) is 5.00. The van der Waals surface area contributed by atoms with Gasteiger partial charge in [-0.2, -0.15) is 13.2 Å². The number of carboxylic acids is 1. The number of ether oxygens (including phenoxy) is 2. The predicted molar refractivity (Wildman–Crippen MR) is 117 cm³/mol. The van der Waals surface area contributed by atoms with Gasteiger partial charge in [0.05, 0.1) is 11.6 Å². The molecule has 176 valence electrons. The standard InChI is InChI=1S/C24H17ClF3NO5/c25-16-4-8-18(9-5-16)34-19-10-6-17(7-11-19)29-20(30)13-33-22(23(31)32)21(29)14-2-1-3-15(12-14)24(26,27)28/h1-12,21-22H,13H2,(H,31,32). The lowest BCUT2D eigenvalue weighted by Crippen LogP contribution is -2.52. The summed E-state index contributed by atoms with van der Waals surface area (Å²) in [6.07, 6.45) is -6.20. The van der Waals surface area contributed by atoms with Gasteiger partial charge in [0.15, 0.2) is 6.10 Å². The Labute approximate surface area is 197 Å². The van der Waals surface area contributed by atoms with Gasteiger partial charge in [-0.25, -0.2) is 4.79 Å². The SMILES string of the molecule is O=C(O)C1OCC(=O)N(c2ccc(Oc3ccc(Cl)cc3)cc2)C1c1cccc(C(F)(F)F)c1. The summed E-state index contributed by atoms with van der Waals surface area (Å²) in [6.45, 7) is -0.532. The van der Waals surface area contributed by atoms with Gasteiger partial charge < -0.3 is 14.6 Å². The van der Waals surface area contributed by atoms with Crippen LogP contribution < -0.4 is 9.64 Å². The fourth-order valence-electron chi connectivity index (χ4n) is 3.66. The number of hydrogen-bond donors (Lipinski definition) is 1. The zero-order valence-corrected chi connectivity index (χ0v) is 18.1. The number of morpholine rings is 1. The summed E-state index contributed by atoms with van der Waals surface area (Å²) in [6, 6.07) is 15.7. The van der Waals surface area contributed by atoms with E-state index in [0.717, 1.165) is 23.1 Å². The monoisotopic (exact) mass is 491 g/mol. The summed E-state index contributed by atoms with van der Waals surface area (Å²) >= 11 is 5.86. The summed E-state index contributed by atoms with van der Waals surface area (Å²) in [4.78, 5) is 25.8. The first-order valence-corrected chi connectivity index (χ1v) is 10.4. The number of benzene rings is 3. The molecule has 0 aromatic heterocycles.